The third-order valence-electron chi connectivity index (χ3n) is 5.88. The Morgan fingerprint density at radius 3 is 2.34 bits per heavy atom. The molecule has 1 saturated carbocycles. The number of carboxylic acids is 1. The second kappa shape index (κ2) is 12.6. The second-order valence-corrected chi connectivity index (χ2v) is 8.12. The predicted molar refractivity (Wildman–Crippen MR) is 112 cm³/mol. The van der Waals surface area contributed by atoms with Gasteiger partial charge in [0.05, 0.1) is 12.2 Å². The second-order valence-electron chi connectivity index (χ2n) is 8.12. The summed E-state index contributed by atoms with van der Waals surface area (Å²) >= 11 is 0. The fourth-order valence-corrected chi connectivity index (χ4v) is 4.28. The lowest BCUT2D eigenvalue weighted by Gasteiger charge is -2.24. The molecule has 0 bridgehead atoms. The van der Waals surface area contributed by atoms with E-state index in [1.165, 1.54) is 0 Å². The van der Waals surface area contributed by atoms with Crippen LogP contribution in [0.4, 0.5) is 0 Å². The molecule has 1 aromatic rings. The zero-order valence-electron chi connectivity index (χ0n) is 17.0. The molecule has 0 amide bonds. The predicted octanol–water partition coefficient (Wildman–Crippen LogP) is 3.16. The first-order chi connectivity index (χ1) is 14.0. The zero-order valence-corrected chi connectivity index (χ0v) is 17.0. The fraction of sp³-hybridized carbons (Fsp3) is 0.625. The quantitative estimate of drug-likeness (QED) is 0.337. The van der Waals surface area contributed by atoms with Crippen LogP contribution in [0.2, 0.25) is 0 Å². The fourth-order valence-electron chi connectivity index (χ4n) is 4.28. The Labute approximate surface area is 173 Å². The Kier molecular flexibility index (Phi) is 10.2. The van der Waals surface area contributed by atoms with Gasteiger partial charge in [0.25, 0.3) is 0 Å². The molecule has 5 heteroatoms. The van der Waals surface area contributed by atoms with Gasteiger partial charge in [-0.05, 0) is 49.5 Å². The van der Waals surface area contributed by atoms with E-state index in [1.807, 2.05) is 30.3 Å². The smallest absolute Gasteiger partial charge is 0.303 e. The molecule has 5 atom stereocenters. The van der Waals surface area contributed by atoms with Crippen molar-refractivity contribution in [2.45, 2.75) is 82.5 Å². The van der Waals surface area contributed by atoms with Gasteiger partial charge in [-0.1, -0.05) is 61.4 Å². The van der Waals surface area contributed by atoms with Crippen molar-refractivity contribution in [1.29, 1.82) is 0 Å². The van der Waals surface area contributed by atoms with Crippen LogP contribution in [0.25, 0.3) is 0 Å². The number of carbonyl (C=O) groups is 1. The van der Waals surface area contributed by atoms with E-state index in [2.05, 4.69) is 11.8 Å². The lowest BCUT2D eigenvalue weighted by molar-refractivity contribution is -0.137. The number of aliphatic carboxylic acids is 1. The summed E-state index contributed by atoms with van der Waals surface area (Å²) in [6.07, 6.45) is 4.81. The molecule has 5 nitrogen and oxygen atoms in total. The van der Waals surface area contributed by atoms with Crippen LogP contribution in [0, 0.1) is 23.7 Å². The summed E-state index contributed by atoms with van der Waals surface area (Å²) in [4.78, 5) is 10.5. The maximum absolute atomic E-state index is 10.5. The van der Waals surface area contributed by atoms with E-state index in [9.17, 15) is 20.1 Å². The molecule has 1 aliphatic rings. The standard InChI is InChI=1S/C24H34O5/c25-19(12-8-11-18-9-4-3-5-10-18)15-16-21-20(22(26)17-23(21)27)13-6-1-2-7-14-24(28)29/h3-5,9-10,19-23,25-27H,1-2,6-7,11,13-17H2,(H,28,29). The average Bonchev–Trinajstić information content (AvgIpc) is 2.96. The first-order valence-electron chi connectivity index (χ1n) is 10.8. The summed E-state index contributed by atoms with van der Waals surface area (Å²) in [6.45, 7) is 0. The summed E-state index contributed by atoms with van der Waals surface area (Å²) in [7, 11) is 0. The number of benzene rings is 1. The number of aliphatic hydroxyl groups is 3. The average molecular weight is 403 g/mol. The number of rotatable bonds is 11. The van der Waals surface area contributed by atoms with E-state index in [1.54, 1.807) is 0 Å². The maximum Gasteiger partial charge on any atom is 0.303 e. The van der Waals surface area contributed by atoms with Crippen LogP contribution in [0.15, 0.2) is 30.3 Å². The molecule has 1 fully saturated rings. The number of hydrogen-bond acceptors (Lipinski definition) is 4. The van der Waals surface area contributed by atoms with Crippen molar-refractivity contribution < 1.29 is 25.2 Å². The topological polar surface area (TPSA) is 98.0 Å². The minimum absolute atomic E-state index is 0.0189. The van der Waals surface area contributed by atoms with Gasteiger partial charge in [-0.2, -0.15) is 0 Å². The summed E-state index contributed by atoms with van der Waals surface area (Å²) in [5, 5.41) is 39.5. The number of aliphatic hydroxyl groups excluding tert-OH is 3. The van der Waals surface area contributed by atoms with E-state index in [-0.39, 0.29) is 18.3 Å². The lowest BCUT2D eigenvalue weighted by Crippen LogP contribution is -2.23. The first kappa shape index (κ1) is 23.4. The minimum atomic E-state index is -0.759. The molecule has 0 radical (unpaired) electrons. The molecule has 4 N–H and O–H groups in total. The van der Waals surface area contributed by atoms with Crippen molar-refractivity contribution in [1.82, 2.24) is 0 Å². The van der Waals surface area contributed by atoms with E-state index in [0.717, 1.165) is 31.2 Å². The maximum atomic E-state index is 10.5. The Hall–Kier alpha value is -1.87. The SMILES string of the molecule is O=C(O)CCCCCCC1C(O)CC(O)C1CCC(O)C#CCc1ccccc1. The molecule has 1 aliphatic carbocycles. The van der Waals surface area contributed by atoms with Gasteiger partial charge in [0.1, 0.15) is 6.10 Å². The number of unbranched alkanes of at least 4 members (excludes halogenated alkanes) is 3. The Morgan fingerprint density at radius 2 is 1.66 bits per heavy atom. The van der Waals surface area contributed by atoms with Crippen LogP contribution in [-0.2, 0) is 11.2 Å². The van der Waals surface area contributed by atoms with Crippen LogP contribution in [0.1, 0.15) is 63.4 Å². The molecular formula is C24H34O5. The Bertz CT molecular complexity index is 663. The molecule has 29 heavy (non-hydrogen) atoms. The van der Waals surface area contributed by atoms with Crippen molar-refractivity contribution in [2.75, 3.05) is 0 Å². The van der Waals surface area contributed by atoms with Crippen LogP contribution in [0.3, 0.4) is 0 Å². The van der Waals surface area contributed by atoms with Gasteiger partial charge in [0, 0.05) is 12.8 Å². The van der Waals surface area contributed by atoms with Gasteiger partial charge in [-0.3, -0.25) is 4.79 Å². The van der Waals surface area contributed by atoms with Crippen molar-refractivity contribution in [2.24, 2.45) is 11.8 Å². The molecule has 0 heterocycles. The molecule has 160 valence electrons. The monoisotopic (exact) mass is 402 g/mol. The van der Waals surface area contributed by atoms with Crippen molar-refractivity contribution in [3.8, 4) is 11.8 Å². The van der Waals surface area contributed by atoms with Gasteiger partial charge >= 0.3 is 5.97 Å². The van der Waals surface area contributed by atoms with E-state index < -0.39 is 24.3 Å². The summed E-state index contributed by atoms with van der Waals surface area (Å²) in [5.74, 6) is 5.16. The molecule has 0 aromatic heterocycles. The van der Waals surface area contributed by atoms with Gasteiger partial charge in [-0.25, -0.2) is 0 Å². The van der Waals surface area contributed by atoms with Crippen molar-refractivity contribution >= 4 is 5.97 Å². The van der Waals surface area contributed by atoms with E-state index in [0.29, 0.717) is 32.1 Å². The number of hydrogen-bond donors (Lipinski definition) is 4. The summed E-state index contributed by atoms with van der Waals surface area (Å²) < 4.78 is 0. The normalized spacial score (nSPS) is 24.7. The highest BCUT2D eigenvalue weighted by atomic mass is 16.4. The van der Waals surface area contributed by atoms with Crippen molar-refractivity contribution in [3.63, 3.8) is 0 Å². The van der Waals surface area contributed by atoms with E-state index in [4.69, 9.17) is 5.11 Å². The molecule has 5 unspecified atom stereocenters. The molecule has 0 aliphatic heterocycles. The molecule has 0 spiro atoms. The summed E-state index contributed by atoms with van der Waals surface area (Å²) in [5.41, 5.74) is 1.12. The van der Waals surface area contributed by atoms with Crippen LogP contribution < -0.4 is 0 Å². The van der Waals surface area contributed by atoms with Gasteiger partial charge in [-0.15, -0.1) is 0 Å². The molecular weight excluding hydrogens is 368 g/mol. The highest BCUT2D eigenvalue weighted by molar-refractivity contribution is 5.66. The third-order valence-corrected chi connectivity index (χ3v) is 5.88. The highest BCUT2D eigenvalue weighted by Crippen LogP contribution is 2.39. The van der Waals surface area contributed by atoms with Gasteiger partial charge < -0.3 is 20.4 Å². The zero-order chi connectivity index (χ0) is 21.1. The van der Waals surface area contributed by atoms with E-state index >= 15 is 0 Å². The summed E-state index contributed by atoms with van der Waals surface area (Å²) in [6, 6.07) is 9.89. The lowest BCUT2D eigenvalue weighted by atomic mass is 9.85. The first-order valence-corrected chi connectivity index (χ1v) is 10.8. The Morgan fingerprint density at radius 1 is 1.00 bits per heavy atom. The van der Waals surface area contributed by atoms with Gasteiger partial charge in [0.15, 0.2) is 0 Å². The molecule has 2 rings (SSSR count). The Balaban J connectivity index is 1.73. The van der Waals surface area contributed by atoms with Gasteiger partial charge in [0.2, 0.25) is 0 Å². The number of carboxylic acid groups (broad SMARTS) is 1. The van der Waals surface area contributed by atoms with Crippen LogP contribution in [0.5, 0.6) is 0 Å². The molecule has 0 saturated heterocycles. The minimum Gasteiger partial charge on any atom is -0.481 e. The molecule has 1 aromatic carbocycles. The van der Waals surface area contributed by atoms with Crippen molar-refractivity contribution in [3.05, 3.63) is 35.9 Å². The highest BCUT2D eigenvalue weighted by Gasteiger charge is 2.40. The largest absolute Gasteiger partial charge is 0.481 e. The van der Waals surface area contributed by atoms with Crippen LogP contribution in [-0.4, -0.2) is 44.7 Å². The third kappa shape index (κ3) is 8.57. The van der Waals surface area contributed by atoms with Crippen LogP contribution >= 0.6 is 0 Å².